The van der Waals surface area contributed by atoms with Crippen LogP contribution < -0.4 is 5.06 Å². The van der Waals surface area contributed by atoms with Crippen LogP contribution in [0.15, 0.2) is 24.3 Å². The number of rotatable bonds is 3. The highest BCUT2D eigenvalue weighted by atomic mass is 127. The van der Waals surface area contributed by atoms with Gasteiger partial charge < -0.3 is 0 Å². The maximum absolute atomic E-state index is 11.3. The van der Waals surface area contributed by atoms with Crippen LogP contribution in [0, 0.1) is 3.57 Å². The molecule has 1 aromatic rings. The minimum absolute atomic E-state index is 0.274. The molecule has 5 heteroatoms. The van der Waals surface area contributed by atoms with E-state index < -0.39 is 5.91 Å². The highest BCUT2D eigenvalue weighted by molar-refractivity contribution is 14.1. The zero-order valence-electron chi connectivity index (χ0n) is 8.11. The molecule has 0 aliphatic heterocycles. The third kappa shape index (κ3) is 3.60. The lowest BCUT2D eigenvalue weighted by Crippen LogP contribution is -2.28. The van der Waals surface area contributed by atoms with Gasteiger partial charge in [-0.25, -0.2) is 0 Å². The van der Waals surface area contributed by atoms with E-state index >= 15 is 0 Å². The van der Waals surface area contributed by atoms with Crippen LogP contribution in [-0.4, -0.2) is 16.9 Å². The Morgan fingerprint density at radius 1 is 1.33 bits per heavy atom. The van der Waals surface area contributed by atoms with E-state index in [1.807, 2.05) is 0 Å². The number of benzene rings is 1. The first-order valence-corrected chi connectivity index (χ1v) is 5.35. The molecule has 0 aliphatic carbocycles. The molecule has 1 aromatic carbocycles. The molecular formula is C10H10INO3. The van der Waals surface area contributed by atoms with Crippen molar-refractivity contribution in [1.82, 2.24) is 0 Å². The molecule has 0 atom stereocenters. The first-order valence-electron chi connectivity index (χ1n) is 4.27. The van der Waals surface area contributed by atoms with Crippen LogP contribution >= 0.6 is 22.6 Å². The maximum atomic E-state index is 11.3. The van der Waals surface area contributed by atoms with Gasteiger partial charge in [0.1, 0.15) is 5.78 Å². The van der Waals surface area contributed by atoms with E-state index in [-0.39, 0.29) is 12.2 Å². The number of hydrogen-bond acceptors (Lipinski definition) is 3. The number of halogens is 1. The van der Waals surface area contributed by atoms with Gasteiger partial charge in [-0.15, -0.1) is 0 Å². The number of hydroxylamine groups is 1. The lowest BCUT2D eigenvalue weighted by molar-refractivity contribution is -0.128. The van der Waals surface area contributed by atoms with Crippen molar-refractivity contribution in [3.63, 3.8) is 0 Å². The van der Waals surface area contributed by atoms with E-state index in [0.29, 0.717) is 10.8 Å². The topological polar surface area (TPSA) is 57.6 Å². The SMILES string of the molecule is CC(=O)CC(=O)N(O)c1ccc(I)cc1. The second-order valence-corrected chi connectivity index (χ2v) is 4.31. The summed E-state index contributed by atoms with van der Waals surface area (Å²) in [5.41, 5.74) is 0.363. The molecule has 1 N–H and O–H groups in total. The van der Waals surface area contributed by atoms with E-state index in [9.17, 15) is 14.8 Å². The van der Waals surface area contributed by atoms with Gasteiger partial charge >= 0.3 is 0 Å². The Labute approximate surface area is 101 Å². The molecule has 0 heterocycles. The monoisotopic (exact) mass is 319 g/mol. The number of hydrogen-bond donors (Lipinski definition) is 1. The van der Waals surface area contributed by atoms with Gasteiger partial charge in [-0.3, -0.25) is 14.8 Å². The fraction of sp³-hybridized carbons (Fsp3) is 0.200. The Kier molecular flexibility index (Phi) is 4.22. The first-order chi connectivity index (χ1) is 7.00. The van der Waals surface area contributed by atoms with Crippen LogP contribution in [0.4, 0.5) is 5.69 Å². The molecule has 1 rings (SSSR count). The van der Waals surface area contributed by atoms with Crippen molar-refractivity contribution in [2.45, 2.75) is 13.3 Å². The van der Waals surface area contributed by atoms with E-state index in [1.165, 1.54) is 6.92 Å². The summed E-state index contributed by atoms with van der Waals surface area (Å²) in [6.45, 7) is 1.31. The number of carbonyl (C=O) groups excluding carboxylic acids is 2. The Bertz CT molecular complexity index is 375. The maximum Gasteiger partial charge on any atom is 0.258 e. The summed E-state index contributed by atoms with van der Waals surface area (Å²) in [5.74, 6) is -0.895. The van der Waals surface area contributed by atoms with Crippen molar-refractivity contribution in [2.75, 3.05) is 5.06 Å². The lowest BCUT2D eigenvalue weighted by Gasteiger charge is -2.13. The van der Waals surface area contributed by atoms with Gasteiger partial charge in [-0.05, 0) is 53.8 Å². The third-order valence-electron chi connectivity index (χ3n) is 1.71. The van der Waals surface area contributed by atoms with Crippen molar-refractivity contribution in [2.24, 2.45) is 0 Å². The quantitative estimate of drug-likeness (QED) is 0.401. The van der Waals surface area contributed by atoms with Crippen molar-refractivity contribution >= 4 is 40.0 Å². The molecule has 0 unspecified atom stereocenters. The third-order valence-corrected chi connectivity index (χ3v) is 2.43. The Morgan fingerprint density at radius 2 is 1.87 bits per heavy atom. The smallest absolute Gasteiger partial charge is 0.258 e. The van der Waals surface area contributed by atoms with Crippen LogP contribution in [0.25, 0.3) is 0 Å². The molecule has 0 spiro atoms. The predicted octanol–water partition coefficient (Wildman–Crippen LogP) is 1.99. The van der Waals surface area contributed by atoms with Crippen LogP contribution in [0.5, 0.6) is 0 Å². The second kappa shape index (κ2) is 5.22. The van der Waals surface area contributed by atoms with Crippen molar-refractivity contribution < 1.29 is 14.8 Å². The summed E-state index contributed by atoms with van der Waals surface area (Å²) in [4.78, 5) is 22.0. The Hall–Kier alpha value is -0.950. The molecule has 0 bridgehead atoms. The number of amides is 1. The lowest BCUT2D eigenvalue weighted by atomic mass is 10.2. The van der Waals surface area contributed by atoms with Gasteiger partial charge in [0, 0.05) is 3.57 Å². The summed E-state index contributed by atoms with van der Waals surface area (Å²) >= 11 is 2.12. The molecule has 1 amide bonds. The number of Topliss-reactive ketones (excluding diaryl/α,β-unsaturated/α-hetero) is 1. The summed E-state index contributed by atoms with van der Waals surface area (Å²) in [6, 6.07) is 6.75. The highest BCUT2D eigenvalue weighted by Gasteiger charge is 2.14. The zero-order chi connectivity index (χ0) is 11.4. The molecule has 4 nitrogen and oxygen atoms in total. The fourth-order valence-electron chi connectivity index (χ4n) is 1.01. The van der Waals surface area contributed by atoms with Gasteiger partial charge in [0.25, 0.3) is 5.91 Å². The van der Waals surface area contributed by atoms with Crippen molar-refractivity contribution in [1.29, 1.82) is 0 Å². The number of carbonyl (C=O) groups is 2. The Morgan fingerprint density at radius 3 is 2.33 bits per heavy atom. The van der Waals surface area contributed by atoms with E-state index in [4.69, 9.17) is 0 Å². The van der Waals surface area contributed by atoms with Gasteiger partial charge in [-0.1, -0.05) is 0 Å². The molecule has 0 saturated carbocycles. The normalized spacial score (nSPS) is 9.80. The van der Waals surface area contributed by atoms with Crippen molar-refractivity contribution in [3.05, 3.63) is 27.8 Å². The van der Waals surface area contributed by atoms with Gasteiger partial charge in [0.2, 0.25) is 0 Å². The molecule has 80 valence electrons. The van der Waals surface area contributed by atoms with Gasteiger partial charge in [-0.2, -0.15) is 5.06 Å². The van der Waals surface area contributed by atoms with Crippen LogP contribution in [0.3, 0.4) is 0 Å². The zero-order valence-corrected chi connectivity index (χ0v) is 10.3. The van der Waals surface area contributed by atoms with Gasteiger partial charge in [0.15, 0.2) is 0 Å². The second-order valence-electron chi connectivity index (χ2n) is 3.06. The molecule has 0 fully saturated rings. The number of ketones is 1. The molecule has 0 saturated heterocycles. The average molecular weight is 319 g/mol. The first kappa shape index (κ1) is 12.1. The standard InChI is InChI=1S/C10H10INO3/c1-7(13)6-10(14)12(15)9-4-2-8(11)3-5-9/h2-5,15H,6H2,1H3. The summed E-state index contributed by atoms with van der Waals surface area (Å²) in [5, 5.41) is 9.96. The summed E-state index contributed by atoms with van der Waals surface area (Å²) in [6.07, 6.45) is -0.289. The molecule has 0 radical (unpaired) electrons. The summed E-state index contributed by atoms with van der Waals surface area (Å²) < 4.78 is 1.00. The minimum Gasteiger partial charge on any atom is -0.299 e. The van der Waals surface area contributed by atoms with Crippen LogP contribution in [-0.2, 0) is 9.59 Å². The Balaban J connectivity index is 2.76. The number of nitrogens with zero attached hydrogens (tertiary/aromatic N) is 1. The largest absolute Gasteiger partial charge is 0.299 e. The minimum atomic E-state index is -0.622. The average Bonchev–Trinajstić information content (AvgIpc) is 2.17. The van der Waals surface area contributed by atoms with E-state index in [1.54, 1.807) is 24.3 Å². The van der Waals surface area contributed by atoms with Crippen molar-refractivity contribution in [3.8, 4) is 0 Å². The number of anilines is 1. The molecular weight excluding hydrogens is 309 g/mol. The molecule has 15 heavy (non-hydrogen) atoms. The van der Waals surface area contributed by atoms with Crippen LogP contribution in [0.1, 0.15) is 13.3 Å². The van der Waals surface area contributed by atoms with E-state index in [0.717, 1.165) is 3.57 Å². The highest BCUT2D eigenvalue weighted by Crippen LogP contribution is 2.15. The predicted molar refractivity (Wildman–Crippen MR) is 63.7 cm³/mol. The van der Waals surface area contributed by atoms with Gasteiger partial charge in [0.05, 0.1) is 12.1 Å². The van der Waals surface area contributed by atoms with E-state index in [2.05, 4.69) is 22.6 Å². The van der Waals surface area contributed by atoms with Crippen LogP contribution in [0.2, 0.25) is 0 Å². The molecule has 0 aromatic heterocycles. The fourth-order valence-corrected chi connectivity index (χ4v) is 1.37. The summed E-state index contributed by atoms with van der Waals surface area (Å²) in [7, 11) is 0. The molecule has 0 aliphatic rings.